The van der Waals surface area contributed by atoms with E-state index >= 15 is 0 Å². The molecule has 2 amide bonds. The van der Waals surface area contributed by atoms with Crippen LogP contribution in [0.5, 0.6) is 0 Å². The number of benzene rings is 1. The van der Waals surface area contributed by atoms with Crippen LogP contribution in [0.2, 0.25) is 0 Å². The molecule has 0 radical (unpaired) electrons. The molecular weight excluding hydrogens is 356 g/mol. The van der Waals surface area contributed by atoms with E-state index in [2.05, 4.69) is 20.8 Å². The summed E-state index contributed by atoms with van der Waals surface area (Å²) in [6.45, 7) is 0.537. The van der Waals surface area contributed by atoms with Crippen LogP contribution in [0, 0.1) is 5.92 Å². The molecule has 3 fully saturated rings. The summed E-state index contributed by atoms with van der Waals surface area (Å²) in [5.74, 6) is 0.466. The van der Waals surface area contributed by atoms with Crippen molar-refractivity contribution in [1.82, 2.24) is 25.1 Å². The summed E-state index contributed by atoms with van der Waals surface area (Å²) in [5.41, 5.74) is 1.59. The van der Waals surface area contributed by atoms with Crippen molar-refractivity contribution in [1.29, 1.82) is 0 Å². The summed E-state index contributed by atoms with van der Waals surface area (Å²) in [7, 11) is 0. The minimum atomic E-state index is -0.284. The van der Waals surface area contributed by atoms with Gasteiger partial charge in [-0.15, -0.1) is 5.10 Å². The van der Waals surface area contributed by atoms with Gasteiger partial charge in [-0.1, -0.05) is 25.0 Å². The Balaban J connectivity index is 1.28. The van der Waals surface area contributed by atoms with Crippen LogP contribution in [0.4, 0.5) is 5.69 Å². The number of nitrogens with zero attached hydrogens (tertiary/aromatic N) is 5. The molecule has 28 heavy (non-hydrogen) atoms. The average molecular weight is 380 g/mol. The number of carbonyl (C=O) groups excluding carboxylic acids is 2. The number of tetrazole rings is 1. The molecule has 1 atom stereocenters. The molecule has 3 aliphatic rings. The Bertz CT molecular complexity index is 900. The summed E-state index contributed by atoms with van der Waals surface area (Å²) >= 11 is 0. The van der Waals surface area contributed by atoms with Gasteiger partial charge in [0.25, 0.3) is 0 Å². The predicted octanol–water partition coefficient (Wildman–Crippen LogP) is 2.40. The third-order valence-corrected chi connectivity index (χ3v) is 6.07. The minimum absolute atomic E-state index is 0.0900. The Hall–Kier alpha value is -2.77. The Kier molecular flexibility index (Phi) is 4.33. The van der Waals surface area contributed by atoms with Crippen LogP contribution in [-0.4, -0.2) is 49.5 Å². The molecule has 2 aliphatic carbocycles. The number of anilines is 1. The van der Waals surface area contributed by atoms with E-state index in [0.717, 1.165) is 37.1 Å². The van der Waals surface area contributed by atoms with Crippen LogP contribution in [0.1, 0.15) is 51.0 Å². The van der Waals surface area contributed by atoms with Crippen molar-refractivity contribution < 1.29 is 9.59 Å². The molecule has 8 heteroatoms. The molecule has 2 heterocycles. The normalized spacial score (nSPS) is 22.8. The fraction of sp³-hybridized carbons (Fsp3) is 0.550. The largest absolute Gasteiger partial charge is 0.339 e. The third-order valence-electron chi connectivity index (χ3n) is 6.07. The first-order valence-electron chi connectivity index (χ1n) is 10.2. The van der Waals surface area contributed by atoms with Crippen molar-refractivity contribution in [3.8, 4) is 11.4 Å². The lowest BCUT2D eigenvalue weighted by Crippen LogP contribution is -2.35. The van der Waals surface area contributed by atoms with E-state index in [0.29, 0.717) is 30.7 Å². The van der Waals surface area contributed by atoms with Gasteiger partial charge >= 0.3 is 0 Å². The van der Waals surface area contributed by atoms with E-state index in [9.17, 15) is 9.59 Å². The maximum absolute atomic E-state index is 12.8. The van der Waals surface area contributed by atoms with Gasteiger partial charge in [-0.25, -0.2) is 4.68 Å². The van der Waals surface area contributed by atoms with E-state index in [1.165, 1.54) is 12.8 Å². The number of aromatic nitrogens is 4. The molecule has 1 aromatic carbocycles. The van der Waals surface area contributed by atoms with Gasteiger partial charge in [0, 0.05) is 30.3 Å². The molecule has 146 valence electrons. The first kappa shape index (κ1) is 17.3. The lowest BCUT2D eigenvalue weighted by atomic mass is 10.1. The first-order valence-corrected chi connectivity index (χ1v) is 10.2. The average Bonchev–Trinajstić information content (AvgIpc) is 3.11. The van der Waals surface area contributed by atoms with Crippen molar-refractivity contribution >= 4 is 17.5 Å². The van der Waals surface area contributed by atoms with Crippen molar-refractivity contribution in [2.75, 3.05) is 11.9 Å². The highest BCUT2D eigenvalue weighted by Crippen LogP contribution is 2.37. The van der Waals surface area contributed by atoms with Crippen LogP contribution < -0.4 is 5.32 Å². The molecule has 8 nitrogen and oxygen atoms in total. The van der Waals surface area contributed by atoms with E-state index in [1.807, 2.05) is 33.8 Å². The SMILES string of the molecule is O=C(Nc1cccc(-c2nnnn2C2CC2)c1)[C@H]1CC(=O)N(C2CCCC2)C1. The van der Waals surface area contributed by atoms with Crippen molar-refractivity contribution in [2.45, 2.75) is 57.0 Å². The number of amides is 2. The molecule has 0 unspecified atom stereocenters. The highest BCUT2D eigenvalue weighted by Gasteiger charge is 2.38. The number of carbonyl (C=O) groups is 2. The summed E-state index contributed by atoms with van der Waals surface area (Å²) in [4.78, 5) is 27.1. The Labute approximate surface area is 163 Å². The van der Waals surface area contributed by atoms with Crippen molar-refractivity contribution in [2.24, 2.45) is 5.92 Å². The van der Waals surface area contributed by atoms with Gasteiger partial charge < -0.3 is 10.2 Å². The van der Waals surface area contributed by atoms with E-state index < -0.39 is 0 Å². The standard InChI is InChI=1S/C20H24N6O2/c27-18-11-14(12-25(18)16-6-1-2-7-16)20(28)21-15-5-3-4-13(10-15)19-22-23-24-26(19)17-8-9-17/h3-5,10,14,16-17H,1-2,6-9,11-12H2,(H,21,28)/t14-/m0/s1. The van der Waals surface area contributed by atoms with Crippen molar-refractivity contribution in [3.05, 3.63) is 24.3 Å². The quantitative estimate of drug-likeness (QED) is 0.860. The predicted molar refractivity (Wildman–Crippen MR) is 102 cm³/mol. The van der Waals surface area contributed by atoms with Gasteiger partial charge in [0.1, 0.15) is 0 Å². The number of hydrogen-bond acceptors (Lipinski definition) is 5. The van der Waals surface area contributed by atoms with E-state index in [1.54, 1.807) is 0 Å². The fourth-order valence-electron chi connectivity index (χ4n) is 4.41. The Morgan fingerprint density at radius 1 is 1.11 bits per heavy atom. The Morgan fingerprint density at radius 3 is 2.71 bits per heavy atom. The molecule has 2 aromatic rings. The molecular formula is C20H24N6O2. The molecule has 1 saturated heterocycles. The highest BCUT2D eigenvalue weighted by molar-refractivity contribution is 5.97. The zero-order valence-corrected chi connectivity index (χ0v) is 15.8. The summed E-state index contributed by atoms with van der Waals surface area (Å²) in [5, 5.41) is 15.0. The molecule has 0 bridgehead atoms. The van der Waals surface area contributed by atoms with Gasteiger partial charge in [0.2, 0.25) is 11.8 Å². The zero-order valence-electron chi connectivity index (χ0n) is 15.8. The fourth-order valence-corrected chi connectivity index (χ4v) is 4.41. The van der Waals surface area contributed by atoms with E-state index in [-0.39, 0.29) is 17.7 Å². The number of likely N-dealkylation sites (tertiary alicyclic amines) is 1. The summed E-state index contributed by atoms with van der Waals surface area (Å²) in [6, 6.07) is 8.30. The van der Waals surface area contributed by atoms with Gasteiger partial charge in [-0.05, 0) is 48.2 Å². The Morgan fingerprint density at radius 2 is 1.93 bits per heavy atom. The summed E-state index contributed by atoms with van der Waals surface area (Å²) < 4.78 is 1.86. The topological polar surface area (TPSA) is 93.0 Å². The lowest BCUT2D eigenvalue weighted by molar-refractivity contribution is -0.129. The molecule has 5 rings (SSSR count). The second-order valence-corrected chi connectivity index (χ2v) is 8.13. The molecule has 1 aliphatic heterocycles. The van der Waals surface area contributed by atoms with Gasteiger partial charge in [-0.3, -0.25) is 9.59 Å². The van der Waals surface area contributed by atoms with Crippen LogP contribution in [0.3, 0.4) is 0 Å². The maximum atomic E-state index is 12.8. The van der Waals surface area contributed by atoms with Gasteiger partial charge in [-0.2, -0.15) is 0 Å². The third kappa shape index (κ3) is 3.27. The minimum Gasteiger partial charge on any atom is -0.339 e. The summed E-state index contributed by atoms with van der Waals surface area (Å²) in [6.07, 6.45) is 7.00. The van der Waals surface area contributed by atoms with Crippen LogP contribution >= 0.6 is 0 Å². The number of hydrogen-bond donors (Lipinski definition) is 1. The highest BCUT2D eigenvalue weighted by atomic mass is 16.2. The number of rotatable bonds is 5. The van der Waals surface area contributed by atoms with Crippen LogP contribution in [0.25, 0.3) is 11.4 Å². The van der Waals surface area contributed by atoms with Gasteiger partial charge in [0.05, 0.1) is 12.0 Å². The lowest BCUT2D eigenvalue weighted by Gasteiger charge is -2.23. The van der Waals surface area contributed by atoms with E-state index in [4.69, 9.17) is 0 Å². The zero-order chi connectivity index (χ0) is 19.1. The monoisotopic (exact) mass is 380 g/mol. The molecule has 1 aromatic heterocycles. The van der Waals surface area contributed by atoms with Crippen molar-refractivity contribution in [3.63, 3.8) is 0 Å². The molecule has 0 spiro atoms. The second kappa shape index (κ2) is 7.00. The molecule has 1 N–H and O–H groups in total. The van der Waals surface area contributed by atoms with Gasteiger partial charge in [0.15, 0.2) is 5.82 Å². The van der Waals surface area contributed by atoms with Crippen LogP contribution in [-0.2, 0) is 9.59 Å². The maximum Gasteiger partial charge on any atom is 0.229 e. The second-order valence-electron chi connectivity index (χ2n) is 8.13. The first-order chi connectivity index (χ1) is 13.7. The smallest absolute Gasteiger partial charge is 0.229 e. The van der Waals surface area contributed by atoms with Crippen LogP contribution in [0.15, 0.2) is 24.3 Å². The number of nitrogens with one attached hydrogen (secondary N) is 1. The molecule has 2 saturated carbocycles.